The summed E-state index contributed by atoms with van der Waals surface area (Å²) < 4.78 is 22.0. The van der Waals surface area contributed by atoms with Crippen molar-refractivity contribution in [2.24, 2.45) is 0 Å². The summed E-state index contributed by atoms with van der Waals surface area (Å²) in [6.07, 6.45) is 3.36. The van der Waals surface area contributed by atoms with E-state index in [1.165, 1.54) is 21.3 Å². The molecule has 8 heteroatoms. The third kappa shape index (κ3) is 7.43. The molecule has 0 unspecified atom stereocenters. The van der Waals surface area contributed by atoms with E-state index in [-0.39, 0.29) is 18.0 Å². The Balaban J connectivity index is 1.94. The van der Waals surface area contributed by atoms with Gasteiger partial charge in [-0.3, -0.25) is 4.79 Å². The molecule has 8 nitrogen and oxygen atoms in total. The lowest BCUT2D eigenvalue weighted by Gasteiger charge is -2.32. The molecule has 2 aromatic carbocycles. The second-order valence-electron chi connectivity index (χ2n) is 10.5. The molecule has 0 saturated carbocycles. The van der Waals surface area contributed by atoms with E-state index in [0.717, 1.165) is 24.0 Å². The predicted molar refractivity (Wildman–Crippen MR) is 148 cm³/mol. The molecule has 38 heavy (non-hydrogen) atoms. The van der Waals surface area contributed by atoms with Crippen LogP contribution in [-0.4, -0.2) is 74.4 Å². The molecule has 1 aliphatic heterocycles. The third-order valence-electron chi connectivity index (χ3n) is 6.29. The Bertz CT molecular complexity index is 1110. The zero-order valence-electron chi connectivity index (χ0n) is 23.6. The van der Waals surface area contributed by atoms with Gasteiger partial charge in [0.2, 0.25) is 5.75 Å². The number of hydrogen-bond donors (Lipinski definition) is 0. The number of methoxy groups -OCH3 is 3. The SMILES string of the molecule is COc1cc(C(=O)N(C/C(C)=C/c2ccccc2)C[C@@H]2CCCN2C(=O)OC(C)(C)C)cc(OC)c1OC. The van der Waals surface area contributed by atoms with Gasteiger partial charge in [0, 0.05) is 25.2 Å². The molecule has 0 radical (unpaired) electrons. The molecule has 2 amide bonds. The fraction of sp³-hybridized carbons (Fsp3) is 0.467. The van der Waals surface area contributed by atoms with Gasteiger partial charge in [-0.1, -0.05) is 42.0 Å². The minimum Gasteiger partial charge on any atom is -0.493 e. The standard InChI is InChI=1S/C30H40N2O6/c1-21(16-22-12-9-8-10-13-22)19-31(20-24-14-11-15-32(24)29(34)38-30(2,3)4)28(33)23-17-25(35-5)27(37-7)26(18-23)36-6/h8-10,12-13,16-18,24H,11,14-15,19-20H2,1-7H3/b21-16+/t24-/m0/s1. The van der Waals surface area contributed by atoms with E-state index in [0.29, 0.717) is 42.4 Å². The minimum atomic E-state index is -0.592. The molecule has 0 aliphatic carbocycles. The number of carbonyl (C=O) groups excluding carboxylic acids is 2. The molecule has 206 valence electrons. The molecule has 3 rings (SSSR count). The Hall–Kier alpha value is -3.68. The lowest BCUT2D eigenvalue weighted by atomic mass is 10.1. The number of benzene rings is 2. The van der Waals surface area contributed by atoms with Gasteiger partial charge in [0.1, 0.15) is 5.60 Å². The molecule has 0 aromatic heterocycles. The van der Waals surface area contributed by atoms with Crippen LogP contribution < -0.4 is 14.2 Å². The second-order valence-corrected chi connectivity index (χ2v) is 10.5. The Kier molecular flexibility index (Phi) is 9.66. The average Bonchev–Trinajstić information content (AvgIpc) is 3.35. The topological polar surface area (TPSA) is 77.5 Å². The van der Waals surface area contributed by atoms with E-state index in [4.69, 9.17) is 18.9 Å². The summed E-state index contributed by atoms with van der Waals surface area (Å²) in [5, 5.41) is 0. The second kappa shape index (κ2) is 12.7. The molecule has 1 saturated heterocycles. The molecule has 1 heterocycles. The smallest absolute Gasteiger partial charge is 0.410 e. The van der Waals surface area contributed by atoms with E-state index in [9.17, 15) is 9.59 Å². The van der Waals surface area contributed by atoms with Crippen LogP contribution in [0.15, 0.2) is 48.0 Å². The first-order chi connectivity index (χ1) is 18.1. The van der Waals surface area contributed by atoms with Gasteiger partial charge in [0.25, 0.3) is 5.91 Å². The van der Waals surface area contributed by atoms with Crippen molar-refractivity contribution in [3.05, 3.63) is 59.2 Å². The summed E-state index contributed by atoms with van der Waals surface area (Å²) >= 11 is 0. The van der Waals surface area contributed by atoms with Crippen LogP contribution in [-0.2, 0) is 4.74 Å². The van der Waals surface area contributed by atoms with Crippen molar-refractivity contribution in [2.45, 2.75) is 52.2 Å². The van der Waals surface area contributed by atoms with Crippen molar-refractivity contribution in [1.82, 2.24) is 9.80 Å². The van der Waals surface area contributed by atoms with Gasteiger partial charge in [-0.25, -0.2) is 4.79 Å². The monoisotopic (exact) mass is 524 g/mol. The third-order valence-corrected chi connectivity index (χ3v) is 6.29. The van der Waals surface area contributed by atoms with Crippen LogP contribution in [0.5, 0.6) is 17.2 Å². The quantitative estimate of drug-likeness (QED) is 0.421. The fourth-order valence-electron chi connectivity index (χ4n) is 4.63. The van der Waals surface area contributed by atoms with Gasteiger partial charge in [-0.15, -0.1) is 0 Å². The van der Waals surface area contributed by atoms with Gasteiger partial charge in [-0.05, 0) is 58.2 Å². The van der Waals surface area contributed by atoms with Gasteiger partial charge < -0.3 is 28.7 Å². The summed E-state index contributed by atoms with van der Waals surface area (Å²) in [5.41, 5.74) is 1.89. The first kappa shape index (κ1) is 28.9. The Morgan fingerprint density at radius 3 is 2.21 bits per heavy atom. The van der Waals surface area contributed by atoms with Crippen LogP contribution in [0.25, 0.3) is 6.08 Å². The van der Waals surface area contributed by atoms with Crippen molar-refractivity contribution in [2.75, 3.05) is 41.0 Å². The molecule has 2 aromatic rings. The molecule has 0 N–H and O–H groups in total. The predicted octanol–water partition coefficient (Wildman–Crippen LogP) is 5.66. The summed E-state index contributed by atoms with van der Waals surface area (Å²) in [5.74, 6) is 1.04. The average molecular weight is 525 g/mol. The molecule has 1 atom stereocenters. The molecule has 1 aliphatic rings. The maximum atomic E-state index is 14.0. The molecule has 1 fully saturated rings. The minimum absolute atomic E-state index is 0.152. The number of amides is 2. The number of ether oxygens (including phenoxy) is 4. The van der Waals surface area contributed by atoms with E-state index in [1.807, 2.05) is 58.0 Å². The highest BCUT2D eigenvalue weighted by Crippen LogP contribution is 2.38. The van der Waals surface area contributed by atoms with Gasteiger partial charge in [0.15, 0.2) is 11.5 Å². The van der Waals surface area contributed by atoms with Gasteiger partial charge in [-0.2, -0.15) is 0 Å². The maximum Gasteiger partial charge on any atom is 0.410 e. The van der Waals surface area contributed by atoms with E-state index < -0.39 is 5.60 Å². The summed E-state index contributed by atoms with van der Waals surface area (Å²) in [6.45, 7) is 8.93. The van der Waals surface area contributed by atoms with Crippen LogP contribution in [0.3, 0.4) is 0 Å². The van der Waals surface area contributed by atoms with E-state index >= 15 is 0 Å². The van der Waals surface area contributed by atoms with Crippen molar-refractivity contribution in [1.29, 1.82) is 0 Å². The van der Waals surface area contributed by atoms with Crippen molar-refractivity contribution in [3.8, 4) is 17.2 Å². The molecular weight excluding hydrogens is 484 g/mol. The maximum absolute atomic E-state index is 14.0. The number of likely N-dealkylation sites (tertiary alicyclic amines) is 1. The highest BCUT2D eigenvalue weighted by atomic mass is 16.6. The summed E-state index contributed by atoms with van der Waals surface area (Å²) in [6, 6.07) is 13.1. The Labute approximate surface area is 226 Å². The van der Waals surface area contributed by atoms with Crippen LogP contribution in [0.4, 0.5) is 4.79 Å². The van der Waals surface area contributed by atoms with Crippen molar-refractivity contribution < 1.29 is 28.5 Å². The normalized spacial score (nSPS) is 15.7. The highest BCUT2D eigenvalue weighted by Gasteiger charge is 2.34. The van der Waals surface area contributed by atoms with Crippen molar-refractivity contribution in [3.63, 3.8) is 0 Å². The molecule has 0 spiro atoms. The van der Waals surface area contributed by atoms with Gasteiger partial charge in [0.05, 0.1) is 27.4 Å². The summed E-state index contributed by atoms with van der Waals surface area (Å²) in [4.78, 5) is 30.4. The first-order valence-electron chi connectivity index (χ1n) is 12.9. The lowest BCUT2D eigenvalue weighted by Crippen LogP contribution is -2.47. The largest absolute Gasteiger partial charge is 0.493 e. The Morgan fingerprint density at radius 1 is 1.03 bits per heavy atom. The number of carbonyl (C=O) groups is 2. The number of rotatable bonds is 9. The lowest BCUT2D eigenvalue weighted by molar-refractivity contribution is 0.0194. The first-order valence-corrected chi connectivity index (χ1v) is 12.9. The Morgan fingerprint density at radius 2 is 1.66 bits per heavy atom. The van der Waals surface area contributed by atoms with Crippen LogP contribution in [0, 0.1) is 0 Å². The van der Waals surface area contributed by atoms with Gasteiger partial charge >= 0.3 is 6.09 Å². The van der Waals surface area contributed by atoms with Crippen LogP contribution >= 0.6 is 0 Å². The van der Waals surface area contributed by atoms with E-state index in [2.05, 4.69) is 6.08 Å². The number of nitrogens with zero attached hydrogens (tertiary/aromatic N) is 2. The highest BCUT2D eigenvalue weighted by molar-refractivity contribution is 5.96. The fourth-order valence-corrected chi connectivity index (χ4v) is 4.63. The zero-order chi connectivity index (χ0) is 27.9. The summed E-state index contributed by atoms with van der Waals surface area (Å²) in [7, 11) is 4.57. The van der Waals surface area contributed by atoms with Crippen LogP contribution in [0.2, 0.25) is 0 Å². The van der Waals surface area contributed by atoms with Crippen LogP contribution in [0.1, 0.15) is 56.5 Å². The van der Waals surface area contributed by atoms with Crippen molar-refractivity contribution >= 4 is 18.1 Å². The molecule has 0 bridgehead atoms. The van der Waals surface area contributed by atoms with E-state index in [1.54, 1.807) is 21.9 Å². The number of hydrogen-bond acceptors (Lipinski definition) is 6. The molecular formula is C30H40N2O6. The zero-order valence-corrected chi connectivity index (χ0v) is 23.6.